The van der Waals surface area contributed by atoms with Gasteiger partial charge in [-0.25, -0.2) is 0 Å². The van der Waals surface area contributed by atoms with Gasteiger partial charge in [-0.15, -0.1) is 0 Å². The molecule has 0 saturated carbocycles. The minimum Gasteiger partial charge on any atom is -0.369 e. The van der Waals surface area contributed by atoms with E-state index in [0.29, 0.717) is 18.0 Å². The lowest BCUT2D eigenvalue weighted by atomic mass is 9.95. The third-order valence-electron chi connectivity index (χ3n) is 4.43. The number of hydrogen-bond donors (Lipinski definition) is 2. The highest BCUT2D eigenvalue weighted by Gasteiger charge is 2.27. The fraction of sp³-hybridized carbons (Fsp3) is 0.562. The Labute approximate surface area is 119 Å². The maximum Gasteiger partial charge on any atom is 0.152 e. The first-order valence-electron chi connectivity index (χ1n) is 7.47. The normalized spacial score (nSPS) is 29.9. The number of rotatable bonds is 2. The molecule has 1 saturated heterocycles. The Hall–Kier alpha value is -1.55. The van der Waals surface area contributed by atoms with Crippen molar-refractivity contribution in [3.05, 3.63) is 22.3 Å². The lowest BCUT2D eigenvalue weighted by molar-refractivity contribution is 0.112. The van der Waals surface area contributed by atoms with Crippen LogP contribution in [0.15, 0.2) is 6.20 Å². The lowest BCUT2D eigenvalue weighted by Crippen LogP contribution is -2.55. The smallest absolute Gasteiger partial charge is 0.152 e. The number of fused-ring (bicyclic) bond motifs is 1. The Morgan fingerprint density at radius 1 is 1.35 bits per heavy atom. The van der Waals surface area contributed by atoms with Gasteiger partial charge in [0.05, 0.1) is 0 Å². The van der Waals surface area contributed by atoms with E-state index < -0.39 is 0 Å². The van der Waals surface area contributed by atoms with Crippen LogP contribution in [-0.4, -0.2) is 41.3 Å². The second-order valence-corrected chi connectivity index (χ2v) is 6.26. The highest BCUT2D eigenvalue weighted by molar-refractivity contribution is 5.77. The summed E-state index contributed by atoms with van der Waals surface area (Å²) < 4.78 is 0. The zero-order chi connectivity index (χ0) is 14.3. The number of H-pyrrole nitrogens is 1. The standard InChI is InChI=1S/C16H23N3O/c1-10-4-14-16(13(9-20)7-18-14)15(5-10)19-8-11(2)17-6-12(19)3/h4,7,9-12,17-18H,5-6,8H2,1-3H3/t10?,11-,12+/m1/s1. The number of hydrogen-bond acceptors (Lipinski definition) is 3. The zero-order valence-corrected chi connectivity index (χ0v) is 12.4. The van der Waals surface area contributed by atoms with Gasteiger partial charge in [0, 0.05) is 53.2 Å². The monoisotopic (exact) mass is 273 g/mol. The lowest BCUT2D eigenvalue weighted by Gasteiger charge is -2.41. The van der Waals surface area contributed by atoms with Gasteiger partial charge in [0.1, 0.15) is 0 Å². The summed E-state index contributed by atoms with van der Waals surface area (Å²) in [5.41, 5.74) is 2.12. The molecule has 2 heterocycles. The molecule has 20 heavy (non-hydrogen) atoms. The summed E-state index contributed by atoms with van der Waals surface area (Å²) in [6.07, 6.45) is 6.06. The molecule has 1 aliphatic carbocycles. The van der Waals surface area contributed by atoms with E-state index in [9.17, 15) is 4.79 Å². The predicted octanol–water partition coefficient (Wildman–Crippen LogP) is 0.438. The summed E-state index contributed by atoms with van der Waals surface area (Å²) in [4.78, 5) is 17.1. The van der Waals surface area contributed by atoms with E-state index in [4.69, 9.17) is 0 Å². The van der Waals surface area contributed by atoms with E-state index in [1.165, 1.54) is 5.70 Å². The SMILES string of the molecule is CC1C=c2[nH]cc(C=O)c2=C(N2C[C@@H](C)NC[C@@H]2C)C1. The Kier molecular flexibility index (Phi) is 3.42. The number of nitrogens with zero attached hydrogens (tertiary/aromatic N) is 1. The fourth-order valence-corrected chi connectivity index (χ4v) is 3.41. The van der Waals surface area contributed by atoms with Crippen molar-refractivity contribution in [3.8, 4) is 0 Å². The molecule has 0 radical (unpaired) electrons. The van der Waals surface area contributed by atoms with Gasteiger partial charge < -0.3 is 15.2 Å². The van der Waals surface area contributed by atoms with Gasteiger partial charge in [0.15, 0.2) is 6.29 Å². The maximum atomic E-state index is 11.3. The van der Waals surface area contributed by atoms with Crippen LogP contribution in [0.3, 0.4) is 0 Å². The molecule has 0 aromatic carbocycles. The van der Waals surface area contributed by atoms with Crippen molar-refractivity contribution in [1.29, 1.82) is 0 Å². The number of nitrogens with one attached hydrogen (secondary N) is 2. The Bertz CT molecular complexity index is 631. The van der Waals surface area contributed by atoms with Gasteiger partial charge in [-0.2, -0.15) is 0 Å². The first-order valence-corrected chi connectivity index (χ1v) is 7.47. The summed E-state index contributed by atoms with van der Waals surface area (Å²) in [7, 11) is 0. The highest BCUT2D eigenvalue weighted by atomic mass is 16.1. The molecule has 1 fully saturated rings. The molecule has 1 aliphatic heterocycles. The van der Waals surface area contributed by atoms with E-state index in [-0.39, 0.29) is 0 Å². The van der Waals surface area contributed by atoms with E-state index in [2.05, 4.69) is 42.0 Å². The molecule has 0 spiro atoms. The molecule has 0 bridgehead atoms. The Morgan fingerprint density at radius 3 is 2.90 bits per heavy atom. The van der Waals surface area contributed by atoms with Crippen molar-refractivity contribution in [3.63, 3.8) is 0 Å². The van der Waals surface area contributed by atoms with Gasteiger partial charge in [-0.05, 0) is 26.2 Å². The van der Waals surface area contributed by atoms with Crippen LogP contribution in [0.4, 0.5) is 0 Å². The van der Waals surface area contributed by atoms with Crippen molar-refractivity contribution in [1.82, 2.24) is 15.2 Å². The van der Waals surface area contributed by atoms with E-state index in [1.807, 2.05) is 6.20 Å². The molecule has 108 valence electrons. The molecule has 1 unspecified atom stereocenters. The average Bonchev–Trinajstić information content (AvgIpc) is 2.83. The first kappa shape index (κ1) is 13.4. The molecular formula is C16H23N3O. The topological polar surface area (TPSA) is 48.1 Å². The van der Waals surface area contributed by atoms with Crippen molar-refractivity contribution in [2.45, 2.75) is 39.3 Å². The zero-order valence-electron chi connectivity index (χ0n) is 12.4. The molecular weight excluding hydrogens is 250 g/mol. The molecule has 1 aromatic rings. The molecule has 0 amide bonds. The summed E-state index contributed by atoms with van der Waals surface area (Å²) in [6.45, 7) is 8.71. The average molecular weight is 273 g/mol. The van der Waals surface area contributed by atoms with Crippen molar-refractivity contribution < 1.29 is 4.79 Å². The quantitative estimate of drug-likeness (QED) is 0.769. The van der Waals surface area contributed by atoms with Gasteiger partial charge in [0.2, 0.25) is 0 Å². The van der Waals surface area contributed by atoms with Gasteiger partial charge in [-0.3, -0.25) is 4.79 Å². The van der Waals surface area contributed by atoms with E-state index in [1.54, 1.807) is 0 Å². The second kappa shape index (κ2) is 5.09. The number of carbonyl (C=O) groups is 1. The van der Waals surface area contributed by atoms with Gasteiger partial charge in [-0.1, -0.05) is 13.0 Å². The van der Waals surface area contributed by atoms with Crippen LogP contribution < -0.4 is 15.9 Å². The molecule has 3 rings (SSSR count). The molecule has 4 heteroatoms. The molecule has 1 aromatic heterocycles. The summed E-state index contributed by atoms with van der Waals surface area (Å²) in [5.74, 6) is 0.507. The number of aromatic nitrogens is 1. The Balaban J connectivity index is 2.16. The minimum absolute atomic E-state index is 0.466. The number of aromatic amines is 1. The van der Waals surface area contributed by atoms with Crippen LogP contribution in [0.2, 0.25) is 0 Å². The van der Waals surface area contributed by atoms with E-state index >= 15 is 0 Å². The van der Waals surface area contributed by atoms with Crippen LogP contribution in [0.1, 0.15) is 37.6 Å². The summed E-state index contributed by atoms with van der Waals surface area (Å²) in [6, 6.07) is 0.954. The van der Waals surface area contributed by atoms with Crippen LogP contribution in [0.5, 0.6) is 0 Å². The van der Waals surface area contributed by atoms with Crippen LogP contribution >= 0.6 is 0 Å². The third kappa shape index (κ3) is 2.18. The van der Waals surface area contributed by atoms with Crippen molar-refractivity contribution >= 4 is 18.1 Å². The van der Waals surface area contributed by atoms with Crippen LogP contribution in [0, 0.1) is 5.92 Å². The third-order valence-corrected chi connectivity index (χ3v) is 4.43. The maximum absolute atomic E-state index is 11.3. The van der Waals surface area contributed by atoms with Crippen molar-refractivity contribution in [2.75, 3.05) is 13.1 Å². The van der Waals surface area contributed by atoms with E-state index in [0.717, 1.165) is 41.9 Å². The fourth-order valence-electron chi connectivity index (χ4n) is 3.41. The second-order valence-electron chi connectivity index (χ2n) is 6.26. The van der Waals surface area contributed by atoms with Gasteiger partial charge >= 0.3 is 0 Å². The molecule has 4 nitrogen and oxygen atoms in total. The molecule has 2 aliphatic rings. The van der Waals surface area contributed by atoms with Crippen LogP contribution in [0.25, 0.3) is 11.8 Å². The summed E-state index contributed by atoms with van der Waals surface area (Å²) >= 11 is 0. The highest BCUT2D eigenvalue weighted by Crippen LogP contribution is 2.23. The largest absolute Gasteiger partial charge is 0.369 e. The minimum atomic E-state index is 0.466. The van der Waals surface area contributed by atoms with Gasteiger partial charge in [0.25, 0.3) is 0 Å². The number of aldehydes is 1. The molecule has 2 N–H and O–H groups in total. The number of piperazine rings is 1. The Morgan fingerprint density at radius 2 is 2.15 bits per heavy atom. The number of carbonyl (C=O) groups excluding carboxylic acids is 1. The predicted molar refractivity (Wildman–Crippen MR) is 80.7 cm³/mol. The first-order chi connectivity index (χ1) is 9.60. The van der Waals surface area contributed by atoms with Crippen molar-refractivity contribution in [2.24, 2.45) is 5.92 Å². The van der Waals surface area contributed by atoms with Crippen LogP contribution in [-0.2, 0) is 0 Å². The molecule has 3 atom stereocenters. The summed E-state index contributed by atoms with van der Waals surface area (Å²) in [5, 5.41) is 5.75.